The Morgan fingerprint density at radius 3 is 0.667 bits per heavy atom. The first-order chi connectivity index (χ1) is 8.84. The smallest absolute Gasteiger partial charge is 0.300 e. The molecule has 8 N–H and O–H groups in total. The van der Waals surface area contributed by atoms with Crippen LogP contribution in [0.5, 0.6) is 0 Å². The van der Waals surface area contributed by atoms with Crippen molar-refractivity contribution >= 4 is 23.9 Å². The monoisotopic (exact) mass is 452 g/mol. The van der Waals surface area contributed by atoms with Gasteiger partial charge in [0.25, 0.3) is 23.9 Å². The van der Waals surface area contributed by atoms with E-state index in [1.807, 2.05) is 0 Å². The fourth-order valence-corrected chi connectivity index (χ4v) is 0. The second-order valence-corrected chi connectivity index (χ2v) is 2.65. The van der Waals surface area contributed by atoms with Gasteiger partial charge in [0.1, 0.15) is 0 Å². The topological polar surface area (TPSA) is 201 Å². The van der Waals surface area contributed by atoms with Crippen LogP contribution in [0, 0.1) is 40.4 Å². The molecule has 0 radical (unpaired) electrons. The Balaban J connectivity index is -0.0000000331. The van der Waals surface area contributed by atoms with Crippen LogP contribution in [0.4, 0.5) is 0 Å². The first kappa shape index (κ1) is 36.9. The van der Waals surface area contributed by atoms with Crippen molar-refractivity contribution in [2.45, 2.75) is 27.7 Å². The molecule has 128 valence electrons. The van der Waals surface area contributed by atoms with Crippen LogP contribution >= 0.6 is 0 Å². The fourth-order valence-electron chi connectivity index (χ4n) is 0. The SMILES string of the molecule is CC(=O)O.CC(=O)O.CC(=O)O.CC(=O)O.NCCN.[Sm]. The van der Waals surface area contributed by atoms with Gasteiger partial charge in [-0.3, -0.25) is 19.2 Å². The van der Waals surface area contributed by atoms with Crippen LogP contribution in [0.3, 0.4) is 0 Å². The second-order valence-electron chi connectivity index (χ2n) is 2.65. The van der Waals surface area contributed by atoms with Crippen molar-refractivity contribution in [2.75, 3.05) is 13.1 Å². The van der Waals surface area contributed by atoms with E-state index in [1.54, 1.807) is 0 Å². The number of carboxylic acid groups (broad SMARTS) is 4. The van der Waals surface area contributed by atoms with Gasteiger partial charge in [-0.1, -0.05) is 0 Å². The van der Waals surface area contributed by atoms with Crippen molar-refractivity contribution in [1.82, 2.24) is 0 Å². The van der Waals surface area contributed by atoms with Gasteiger partial charge in [-0.15, -0.1) is 0 Å². The van der Waals surface area contributed by atoms with E-state index in [4.69, 9.17) is 51.1 Å². The van der Waals surface area contributed by atoms with Crippen LogP contribution in [0.15, 0.2) is 0 Å². The van der Waals surface area contributed by atoms with Crippen LogP contribution < -0.4 is 11.5 Å². The number of hydrogen-bond acceptors (Lipinski definition) is 6. The molecule has 0 saturated heterocycles. The van der Waals surface area contributed by atoms with Crippen molar-refractivity contribution in [3.8, 4) is 0 Å². The molecule has 0 aliphatic carbocycles. The number of carbonyl (C=O) groups is 4. The number of nitrogens with two attached hydrogens (primary N) is 2. The third-order valence-electron chi connectivity index (χ3n) is 0.167. The molecule has 0 aliphatic heterocycles. The molecule has 10 nitrogen and oxygen atoms in total. The Bertz CT molecular complexity index is 195. The zero-order chi connectivity index (χ0) is 17.7. The van der Waals surface area contributed by atoms with Crippen molar-refractivity contribution < 1.29 is 80.0 Å². The molecule has 0 heterocycles. The summed E-state index contributed by atoms with van der Waals surface area (Å²) < 4.78 is 0. The molecule has 0 aromatic rings. The normalized spacial score (nSPS) is 6.19. The zero-order valence-corrected chi connectivity index (χ0v) is 15.0. The summed E-state index contributed by atoms with van der Waals surface area (Å²) in [6.45, 7) is 5.53. The van der Waals surface area contributed by atoms with E-state index in [9.17, 15) is 0 Å². The minimum Gasteiger partial charge on any atom is -0.481 e. The molecule has 0 rings (SSSR count). The summed E-state index contributed by atoms with van der Waals surface area (Å²) in [5.74, 6) is -3.33. The Morgan fingerprint density at radius 1 is 0.619 bits per heavy atom. The maximum absolute atomic E-state index is 9.00. The molecule has 0 aromatic heterocycles. The van der Waals surface area contributed by atoms with Gasteiger partial charge in [0.15, 0.2) is 0 Å². The van der Waals surface area contributed by atoms with Crippen LogP contribution in [-0.4, -0.2) is 57.4 Å². The van der Waals surface area contributed by atoms with Gasteiger partial charge in [-0.2, -0.15) is 0 Å². The molecule has 11 heteroatoms. The number of carboxylic acids is 4. The number of aliphatic carboxylic acids is 4. The average molecular weight is 451 g/mol. The molecule has 0 spiro atoms. The van der Waals surface area contributed by atoms with Crippen molar-refractivity contribution in [3.63, 3.8) is 0 Å². The van der Waals surface area contributed by atoms with Gasteiger partial charge in [0, 0.05) is 81.2 Å². The predicted molar refractivity (Wildman–Crippen MR) is 71.3 cm³/mol. The van der Waals surface area contributed by atoms with Gasteiger partial charge in [0.2, 0.25) is 0 Å². The molecule has 0 aliphatic rings. The standard InChI is InChI=1S/C2H8N2.4C2H4O2.Sm/c3-1-2-4;4*1-2(3)4;/h1-4H2;4*1H3,(H,3,4);. The van der Waals surface area contributed by atoms with E-state index in [2.05, 4.69) is 0 Å². The third-order valence-corrected chi connectivity index (χ3v) is 0.167. The maximum Gasteiger partial charge on any atom is 0.300 e. The van der Waals surface area contributed by atoms with E-state index in [0.29, 0.717) is 13.1 Å². The summed E-state index contributed by atoms with van der Waals surface area (Å²) in [6.07, 6.45) is 0. The Kier molecular flexibility index (Phi) is 64.1. The summed E-state index contributed by atoms with van der Waals surface area (Å²) in [7, 11) is 0. The van der Waals surface area contributed by atoms with Crippen molar-refractivity contribution in [1.29, 1.82) is 0 Å². The zero-order valence-electron chi connectivity index (χ0n) is 12.4. The molecular weight excluding hydrogens is 426 g/mol. The largest absolute Gasteiger partial charge is 0.481 e. The third kappa shape index (κ3) is 297000. The van der Waals surface area contributed by atoms with Crippen molar-refractivity contribution in [3.05, 3.63) is 0 Å². The molecule has 0 bridgehead atoms. The summed E-state index contributed by atoms with van der Waals surface area (Å²) in [4.78, 5) is 36.0. The average Bonchev–Trinajstić information content (AvgIpc) is 2.13. The molecule has 0 atom stereocenters. The van der Waals surface area contributed by atoms with Crippen LogP contribution in [-0.2, 0) is 19.2 Å². The predicted octanol–water partition coefficient (Wildman–Crippen LogP) is -0.733. The van der Waals surface area contributed by atoms with Gasteiger partial charge in [-0.05, 0) is 0 Å². The molecule has 0 amide bonds. The van der Waals surface area contributed by atoms with Crippen LogP contribution in [0.2, 0.25) is 0 Å². The van der Waals surface area contributed by atoms with Gasteiger partial charge < -0.3 is 31.9 Å². The quantitative estimate of drug-likeness (QED) is 0.295. The summed E-state index contributed by atoms with van der Waals surface area (Å²) in [6, 6.07) is 0. The molecular formula is C10H24N2O8Sm. The Morgan fingerprint density at radius 2 is 0.667 bits per heavy atom. The second kappa shape index (κ2) is 36.5. The molecule has 0 fully saturated rings. The van der Waals surface area contributed by atoms with E-state index >= 15 is 0 Å². The summed E-state index contributed by atoms with van der Waals surface area (Å²) >= 11 is 0. The Hall–Kier alpha value is -0.862. The van der Waals surface area contributed by atoms with Gasteiger partial charge in [-0.25, -0.2) is 0 Å². The minimum atomic E-state index is -0.833. The first-order valence-corrected chi connectivity index (χ1v) is 5.03. The Labute approximate surface area is 155 Å². The van der Waals surface area contributed by atoms with Crippen molar-refractivity contribution in [2.24, 2.45) is 11.5 Å². The molecule has 0 saturated carbocycles. The maximum atomic E-state index is 9.00. The minimum absolute atomic E-state index is 0. The van der Waals surface area contributed by atoms with Gasteiger partial charge in [0.05, 0.1) is 0 Å². The van der Waals surface area contributed by atoms with E-state index in [-0.39, 0.29) is 40.4 Å². The molecule has 0 unspecified atom stereocenters. The number of hydrogen-bond donors (Lipinski definition) is 6. The van der Waals surface area contributed by atoms with E-state index in [1.165, 1.54) is 0 Å². The van der Waals surface area contributed by atoms with E-state index < -0.39 is 23.9 Å². The molecule has 21 heavy (non-hydrogen) atoms. The summed E-state index contributed by atoms with van der Waals surface area (Å²) in [5, 5.41) is 29.7. The first-order valence-electron chi connectivity index (χ1n) is 5.03. The van der Waals surface area contributed by atoms with Gasteiger partial charge >= 0.3 is 0 Å². The summed E-state index contributed by atoms with van der Waals surface area (Å²) in [5.41, 5.74) is 9.81. The van der Waals surface area contributed by atoms with Crippen LogP contribution in [0.25, 0.3) is 0 Å². The van der Waals surface area contributed by atoms with E-state index in [0.717, 1.165) is 27.7 Å². The fraction of sp³-hybridized carbons (Fsp3) is 0.600. The number of rotatable bonds is 1. The van der Waals surface area contributed by atoms with Crippen LogP contribution in [0.1, 0.15) is 27.7 Å². The molecule has 0 aromatic carbocycles.